The van der Waals surface area contributed by atoms with Crippen LogP contribution in [0.1, 0.15) is 43.6 Å². The second kappa shape index (κ2) is 4.77. The fourth-order valence-corrected chi connectivity index (χ4v) is 3.35. The first kappa shape index (κ1) is 11.9. The predicted octanol–water partition coefficient (Wildman–Crippen LogP) is 3.50. The maximum Gasteiger partial charge on any atom is 0.0188 e. The number of halogens is 1. The molecule has 1 spiro atoms. The summed E-state index contributed by atoms with van der Waals surface area (Å²) in [5.41, 5.74) is 2.04. The molecule has 1 saturated heterocycles. The number of hydrogen-bond acceptors (Lipinski definition) is 1. The summed E-state index contributed by atoms with van der Waals surface area (Å²) in [7, 11) is 0. The highest BCUT2D eigenvalue weighted by Crippen LogP contribution is 2.41. The Morgan fingerprint density at radius 3 is 2.44 bits per heavy atom. The van der Waals surface area contributed by atoms with Gasteiger partial charge in [-0.25, -0.2) is 0 Å². The van der Waals surface area contributed by atoms with Gasteiger partial charge >= 0.3 is 0 Å². The minimum atomic E-state index is 0. The summed E-state index contributed by atoms with van der Waals surface area (Å²) in [5.74, 6) is 0.754. The van der Waals surface area contributed by atoms with Crippen LogP contribution in [0.2, 0.25) is 0 Å². The van der Waals surface area contributed by atoms with Crippen LogP contribution in [0.5, 0.6) is 0 Å². The maximum atomic E-state index is 3.78. The molecule has 1 saturated carbocycles. The number of benzene rings is 1. The topological polar surface area (TPSA) is 12.0 Å². The third kappa shape index (κ3) is 2.11. The van der Waals surface area contributed by atoms with Gasteiger partial charge < -0.3 is 5.32 Å². The molecule has 1 aromatic rings. The molecular weight excluding hydrogens is 218 g/mol. The van der Waals surface area contributed by atoms with Gasteiger partial charge in [0, 0.05) is 12.1 Å². The van der Waals surface area contributed by atoms with Crippen LogP contribution in [0, 0.1) is 0 Å². The smallest absolute Gasteiger partial charge is 0.0188 e. The summed E-state index contributed by atoms with van der Waals surface area (Å²) >= 11 is 0. The van der Waals surface area contributed by atoms with Gasteiger partial charge in [-0.05, 0) is 30.7 Å². The molecule has 1 nitrogen and oxygen atoms in total. The quantitative estimate of drug-likeness (QED) is 0.789. The lowest BCUT2D eigenvalue weighted by atomic mass is 9.88. The molecule has 1 heterocycles. The Balaban J connectivity index is 0.000000963. The van der Waals surface area contributed by atoms with E-state index in [0.717, 1.165) is 5.92 Å². The van der Waals surface area contributed by atoms with Gasteiger partial charge in [0.1, 0.15) is 0 Å². The molecule has 1 aliphatic heterocycles. The van der Waals surface area contributed by atoms with Gasteiger partial charge in [0.05, 0.1) is 0 Å². The second-order valence-electron chi connectivity index (χ2n) is 5.18. The summed E-state index contributed by atoms with van der Waals surface area (Å²) in [6, 6.07) is 11.0. The minimum absolute atomic E-state index is 0. The highest BCUT2D eigenvalue weighted by atomic mass is 35.5. The van der Waals surface area contributed by atoms with Crippen LogP contribution in [0.25, 0.3) is 0 Å². The van der Waals surface area contributed by atoms with Crippen molar-refractivity contribution in [1.82, 2.24) is 5.32 Å². The Morgan fingerprint density at radius 1 is 1.06 bits per heavy atom. The van der Waals surface area contributed by atoms with Gasteiger partial charge in [-0.3, -0.25) is 0 Å². The van der Waals surface area contributed by atoms with Crippen molar-refractivity contribution in [3.05, 3.63) is 35.9 Å². The summed E-state index contributed by atoms with van der Waals surface area (Å²) in [6.07, 6.45) is 7.01. The van der Waals surface area contributed by atoms with Gasteiger partial charge in [-0.1, -0.05) is 43.2 Å². The van der Waals surface area contributed by atoms with Crippen molar-refractivity contribution in [2.45, 2.75) is 43.6 Å². The lowest BCUT2D eigenvalue weighted by Gasteiger charge is -2.23. The van der Waals surface area contributed by atoms with E-state index in [2.05, 4.69) is 35.6 Å². The Bertz CT molecular complexity index is 330. The van der Waals surface area contributed by atoms with E-state index in [1.54, 1.807) is 0 Å². The number of rotatable bonds is 1. The molecule has 2 aliphatic rings. The van der Waals surface area contributed by atoms with Crippen molar-refractivity contribution in [3.63, 3.8) is 0 Å². The van der Waals surface area contributed by atoms with Crippen LogP contribution >= 0.6 is 12.4 Å². The van der Waals surface area contributed by atoms with E-state index in [1.807, 2.05) is 0 Å². The first-order valence-electron chi connectivity index (χ1n) is 6.18. The molecular formula is C14H20ClN. The van der Waals surface area contributed by atoms with Gasteiger partial charge in [0.2, 0.25) is 0 Å². The lowest BCUT2D eigenvalue weighted by Crippen LogP contribution is -2.35. The average molecular weight is 238 g/mol. The van der Waals surface area contributed by atoms with Crippen LogP contribution in [-0.4, -0.2) is 12.1 Å². The highest BCUT2D eigenvalue weighted by Gasteiger charge is 2.40. The number of nitrogens with one attached hydrogen (secondary N) is 1. The fourth-order valence-electron chi connectivity index (χ4n) is 3.35. The van der Waals surface area contributed by atoms with Crippen molar-refractivity contribution < 1.29 is 0 Å². The van der Waals surface area contributed by atoms with E-state index in [0.29, 0.717) is 5.54 Å². The summed E-state index contributed by atoms with van der Waals surface area (Å²) in [5, 5.41) is 3.78. The predicted molar refractivity (Wildman–Crippen MR) is 70.2 cm³/mol. The van der Waals surface area contributed by atoms with Gasteiger partial charge in [0.15, 0.2) is 0 Å². The third-order valence-corrected chi connectivity index (χ3v) is 4.19. The molecule has 1 N–H and O–H groups in total. The zero-order valence-electron chi connectivity index (χ0n) is 9.61. The van der Waals surface area contributed by atoms with E-state index in [1.165, 1.54) is 44.2 Å². The normalized spacial score (nSPS) is 26.9. The molecule has 1 unspecified atom stereocenters. The SMILES string of the molecule is Cl.c1ccc(C2CNC3(CCCC3)C2)cc1. The third-order valence-electron chi connectivity index (χ3n) is 4.19. The molecule has 88 valence electrons. The van der Waals surface area contributed by atoms with Crippen LogP contribution in [0.4, 0.5) is 0 Å². The van der Waals surface area contributed by atoms with Crippen molar-refractivity contribution in [3.8, 4) is 0 Å². The molecule has 1 aromatic carbocycles. The molecule has 1 aliphatic carbocycles. The fraction of sp³-hybridized carbons (Fsp3) is 0.571. The van der Waals surface area contributed by atoms with Gasteiger partial charge in [0.25, 0.3) is 0 Å². The molecule has 0 aromatic heterocycles. The molecule has 2 fully saturated rings. The first-order chi connectivity index (χ1) is 7.38. The van der Waals surface area contributed by atoms with Crippen molar-refractivity contribution in [2.75, 3.05) is 6.54 Å². The zero-order chi connectivity index (χ0) is 10.1. The standard InChI is InChI=1S/C14H19N.ClH/c1-2-6-12(7-3-1)13-10-14(15-11-13)8-4-5-9-14;/h1-3,6-7,13,15H,4-5,8-11H2;1H. The zero-order valence-corrected chi connectivity index (χ0v) is 10.4. The van der Waals surface area contributed by atoms with Crippen LogP contribution in [0.3, 0.4) is 0 Å². The minimum Gasteiger partial charge on any atom is -0.311 e. The van der Waals surface area contributed by atoms with E-state index in [9.17, 15) is 0 Å². The Kier molecular flexibility index (Phi) is 3.56. The Morgan fingerprint density at radius 2 is 1.75 bits per heavy atom. The van der Waals surface area contributed by atoms with E-state index >= 15 is 0 Å². The summed E-state index contributed by atoms with van der Waals surface area (Å²) in [6.45, 7) is 1.18. The molecule has 0 amide bonds. The second-order valence-corrected chi connectivity index (χ2v) is 5.18. The number of hydrogen-bond donors (Lipinski definition) is 1. The molecule has 3 rings (SSSR count). The largest absolute Gasteiger partial charge is 0.311 e. The van der Waals surface area contributed by atoms with Crippen molar-refractivity contribution >= 4 is 12.4 Å². The Labute approximate surface area is 104 Å². The lowest BCUT2D eigenvalue weighted by molar-refractivity contribution is 0.384. The molecule has 0 radical (unpaired) electrons. The van der Waals surface area contributed by atoms with Crippen LogP contribution in [0.15, 0.2) is 30.3 Å². The van der Waals surface area contributed by atoms with Crippen molar-refractivity contribution in [1.29, 1.82) is 0 Å². The van der Waals surface area contributed by atoms with Gasteiger partial charge in [-0.2, -0.15) is 0 Å². The van der Waals surface area contributed by atoms with E-state index < -0.39 is 0 Å². The molecule has 2 heteroatoms. The molecule has 16 heavy (non-hydrogen) atoms. The molecule has 1 atom stereocenters. The van der Waals surface area contributed by atoms with Crippen LogP contribution in [-0.2, 0) is 0 Å². The van der Waals surface area contributed by atoms with Crippen molar-refractivity contribution in [2.24, 2.45) is 0 Å². The first-order valence-corrected chi connectivity index (χ1v) is 6.18. The summed E-state index contributed by atoms with van der Waals surface area (Å²) < 4.78 is 0. The van der Waals surface area contributed by atoms with E-state index in [-0.39, 0.29) is 12.4 Å². The monoisotopic (exact) mass is 237 g/mol. The van der Waals surface area contributed by atoms with E-state index in [4.69, 9.17) is 0 Å². The molecule has 0 bridgehead atoms. The maximum absolute atomic E-state index is 3.78. The van der Waals surface area contributed by atoms with Crippen LogP contribution < -0.4 is 5.32 Å². The average Bonchev–Trinajstić information content (AvgIpc) is 2.91. The summed E-state index contributed by atoms with van der Waals surface area (Å²) in [4.78, 5) is 0. The van der Waals surface area contributed by atoms with Gasteiger partial charge in [-0.15, -0.1) is 12.4 Å². The Hall–Kier alpha value is -0.530. The highest BCUT2D eigenvalue weighted by molar-refractivity contribution is 5.85.